The van der Waals surface area contributed by atoms with Gasteiger partial charge in [-0.3, -0.25) is 4.79 Å². The Morgan fingerprint density at radius 2 is 1.92 bits per heavy atom. The van der Waals surface area contributed by atoms with Crippen LogP contribution in [0.1, 0.15) is 10.4 Å². The van der Waals surface area contributed by atoms with Gasteiger partial charge in [0.25, 0.3) is 5.91 Å². The lowest BCUT2D eigenvalue weighted by molar-refractivity contribution is 0.0994. The predicted molar refractivity (Wildman–Crippen MR) is 88.4 cm³/mol. The molecule has 2 aromatic carbocycles. The third-order valence-electron chi connectivity index (χ3n) is 3.53. The molecule has 0 radical (unpaired) electrons. The van der Waals surface area contributed by atoms with E-state index in [1.807, 2.05) is 0 Å². The number of H-pyrrole nitrogens is 1. The van der Waals surface area contributed by atoms with Crippen LogP contribution in [0.25, 0.3) is 10.9 Å². The van der Waals surface area contributed by atoms with Gasteiger partial charge in [0.15, 0.2) is 5.69 Å². The number of aromatic hydroxyl groups is 1. The van der Waals surface area contributed by atoms with E-state index in [-0.39, 0.29) is 11.6 Å². The molecule has 122 valence electrons. The first kappa shape index (κ1) is 15.5. The van der Waals surface area contributed by atoms with Crippen LogP contribution in [0.4, 0.5) is 5.69 Å². The van der Waals surface area contributed by atoms with Crippen molar-refractivity contribution in [1.29, 1.82) is 0 Å². The zero-order valence-electron chi connectivity index (χ0n) is 13.1. The first-order valence-electron chi connectivity index (χ1n) is 7.12. The zero-order chi connectivity index (χ0) is 17.1. The van der Waals surface area contributed by atoms with Crippen LogP contribution in [0.15, 0.2) is 52.7 Å². The summed E-state index contributed by atoms with van der Waals surface area (Å²) < 4.78 is 10.3. The summed E-state index contributed by atoms with van der Waals surface area (Å²) in [7, 11) is 3.04. The fourth-order valence-electron chi connectivity index (χ4n) is 2.34. The topological polar surface area (TPSA) is 96.3 Å². The second kappa shape index (κ2) is 6.41. The number of aromatic nitrogens is 1. The molecule has 3 rings (SSSR count). The van der Waals surface area contributed by atoms with Crippen LogP contribution in [-0.2, 0) is 0 Å². The number of methoxy groups -OCH3 is 2. The number of ether oxygens (including phenoxy) is 2. The number of amides is 1. The van der Waals surface area contributed by atoms with Crippen molar-refractivity contribution in [3.8, 4) is 17.4 Å². The molecule has 7 heteroatoms. The van der Waals surface area contributed by atoms with Crippen molar-refractivity contribution in [2.75, 3.05) is 14.2 Å². The van der Waals surface area contributed by atoms with Crippen LogP contribution < -0.4 is 9.47 Å². The molecule has 0 atom stereocenters. The largest absolute Gasteiger partial charge is 0.497 e. The third kappa shape index (κ3) is 2.79. The lowest BCUT2D eigenvalue weighted by atomic mass is 10.2. The Morgan fingerprint density at radius 1 is 1.12 bits per heavy atom. The van der Waals surface area contributed by atoms with Gasteiger partial charge >= 0.3 is 0 Å². The highest BCUT2D eigenvalue weighted by atomic mass is 16.5. The number of nitrogens with one attached hydrogen (secondary N) is 1. The van der Waals surface area contributed by atoms with E-state index in [4.69, 9.17) is 9.47 Å². The summed E-state index contributed by atoms with van der Waals surface area (Å²) >= 11 is 0. The van der Waals surface area contributed by atoms with E-state index in [0.29, 0.717) is 28.0 Å². The summed E-state index contributed by atoms with van der Waals surface area (Å²) in [6.45, 7) is 0. The number of nitrogens with zero attached hydrogens (tertiary/aromatic N) is 2. The number of hydrogen-bond acceptors (Lipinski definition) is 5. The van der Waals surface area contributed by atoms with Crippen LogP contribution in [0, 0.1) is 0 Å². The number of benzene rings is 2. The summed E-state index contributed by atoms with van der Waals surface area (Å²) in [5.74, 6) is 0.390. The molecule has 0 unspecified atom stereocenters. The number of azo groups is 1. The molecule has 7 nitrogen and oxygen atoms in total. The van der Waals surface area contributed by atoms with Gasteiger partial charge in [0, 0.05) is 10.9 Å². The number of fused-ring (bicyclic) bond motifs is 1. The second-order valence-corrected chi connectivity index (χ2v) is 4.94. The van der Waals surface area contributed by atoms with Crippen molar-refractivity contribution >= 4 is 22.5 Å². The van der Waals surface area contributed by atoms with Crippen molar-refractivity contribution in [3.05, 3.63) is 48.0 Å². The summed E-state index contributed by atoms with van der Waals surface area (Å²) in [4.78, 5) is 14.9. The van der Waals surface area contributed by atoms with Gasteiger partial charge in [-0.2, -0.15) is 0 Å². The van der Waals surface area contributed by atoms with Crippen molar-refractivity contribution in [1.82, 2.24) is 4.98 Å². The molecule has 0 saturated carbocycles. The Bertz CT molecular complexity index is 931. The number of aromatic amines is 1. The molecule has 0 aliphatic carbocycles. The normalized spacial score (nSPS) is 11.1. The van der Waals surface area contributed by atoms with Gasteiger partial charge in [0.2, 0.25) is 5.88 Å². The smallest absolute Gasteiger partial charge is 0.295 e. The first-order valence-corrected chi connectivity index (χ1v) is 7.12. The Balaban J connectivity index is 1.95. The van der Waals surface area contributed by atoms with E-state index >= 15 is 0 Å². The van der Waals surface area contributed by atoms with E-state index in [2.05, 4.69) is 15.2 Å². The molecule has 0 fully saturated rings. The Morgan fingerprint density at radius 3 is 2.67 bits per heavy atom. The minimum absolute atomic E-state index is 0.181. The molecule has 1 amide bonds. The molecule has 0 saturated heterocycles. The van der Waals surface area contributed by atoms with Crippen LogP contribution in [0.5, 0.6) is 17.4 Å². The monoisotopic (exact) mass is 325 g/mol. The molecule has 0 spiro atoms. The number of carbonyl (C=O) groups is 1. The molecule has 0 bridgehead atoms. The zero-order valence-corrected chi connectivity index (χ0v) is 13.1. The SMILES string of the molecule is COc1cccc(C(=O)N=Nc2c(O)[nH]c3c(OC)cccc23)c1. The Labute approximate surface area is 137 Å². The number of carbonyl (C=O) groups excluding carboxylic acids is 1. The summed E-state index contributed by atoms with van der Waals surface area (Å²) in [5, 5.41) is 18.2. The number of rotatable bonds is 4. The van der Waals surface area contributed by atoms with Crippen LogP contribution in [0.3, 0.4) is 0 Å². The van der Waals surface area contributed by atoms with Crippen molar-refractivity contribution in [2.24, 2.45) is 10.2 Å². The van der Waals surface area contributed by atoms with E-state index < -0.39 is 5.91 Å². The second-order valence-electron chi connectivity index (χ2n) is 4.94. The van der Waals surface area contributed by atoms with Crippen LogP contribution in [-0.4, -0.2) is 30.2 Å². The summed E-state index contributed by atoms with van der Waals surface area (Å²) in [6, 6.07) is 11.9. The van der Waals surface area contributed by atoms with E-state index in [1.165, 1.54) is 14.2 Å². The quantitative estimate of drug-likeness (QED) is 0.713. The highest BCUT2D eigenvalue weighted by molar-refractivity contribution is 5.99. The minimum atomic E-state index is -0.537. The van der Waals surface area contributed by atoms with Crippen molar-refractivity contribution < 1.29 is 19.4 Å². The Hall–Kier alpha value is -3.35. The maximum Gasteiger partial charge on any atom is 0.295 e. The average Bonchev–Trinajstić information content (AvgIpc) is 2.94. The van der Waals surface area contributed by atoms with Gasteiger partial charge in [-0.1, -0.05) is 18.2 Å². The van der Waals surface area contributed by atoms with Gasteiger partial charge in [-0.15, -0.1) is 10.2 Å². The maximum absolute atomic E-state index is 12.1. The van der Waals surface area contributed by atoms with Crippen LogP contribution >= 0.6 is 0 Å². The highest BCUT2D eigenvalue weighted by Gasteiger charge is 2.14. The van der Waals surface area contributed by atoms with Gasteiger partial charge < -0.3 is 19.6 Å². The highest BCUT2D eigenvalue weighted by Crippen LogP contribution is 2.39. The lowest BCUT2D eigenvalue weighted by Crippen LogP contribution is -1.94. The molecule has 1 heterocycles. The van der Waals surface area contributed by atoms with E-state index in [0.717, 1.165) is 0 Å². The average molecular weight is 325 g/mol. The predicted octanol–water partition coefficient (Wildman–Crippen LogP) is 3.81. The van der Waals surface area contributed by atoms with Crippen molar-refractivity contribution in [2.45, 2.75) is 0 Å². The molecule has 1 aromatic heterocycles. The fraction of sp³-hybridized carbons (Fsp3) is 0.118. The fourth-order valence-corrected chi connectivity index (χ4v) is 2.34. The van der Waals surface area contributed by atoms with E-state index in [1.54, 1.807) is 42.5 Å². The third-order valence-corrected chi connectivity index (χ3v) is 3.53. The Kier molecular flexibility index (Phi) is 4.15. The summed E-state index contributed by atoms with van der Waals surface area (Å²) in [5.41, 5.74) is 1.11. The first-order chi connectivity index (χ1) is 11.6. The summed E-state index contributed by atoms with van der Waals surface area (Å²) in [6.07, 6.45) is 0. The maximum atomic E-state index is 12.1. The molecule has 3 aromatic rings. The molecule has 24 heavy (non-hydrogen) atoms. The van der Waals surface area contributed by atoms with Gasteiger partial charge in [-0.05, 0) is 24.3 Å². The molecule has 0 aliphatic heterocycles. The van der Waals surface area contributed by atoms with Gasteiger partial charge in [0.05, 0.1) is 19.7 Å². The van der Waals surface area contributed by atoms with Crippen molar-refractivity contribution in [3.63, 3.8) is 0 Å². The minimum Gasteiger partial charge on any atom is -0.497 e. The van der Waals surface area contributed by atoms with Gasteiger partial charge in [-0.25, -0.2) is 0 Å². The number of hydrogen-bond donors (Lipinski definition) is 2. The lowest BCUT2D eigenvalue weighted by Gasteiger charge is -2.00. The molecule has 2 N–H and O–H groups in total. The molecular formula is C17H15N3O4. The molecule has 0 aliphatic rings. The standard InChI is InChI=1S/C17H15N3O4/c1-23-11-6-3-5-10(9-11)16(21)20-19-15-12-7-4-8-13(24-2)14(12)18-17(15)22/h3-9,18,22H,1-2H3. The van der Waals surface area contributed by atoms with E-state index in [9.17, 15) is 9.90 Å². The van der Waals surface area contributed by atoms with Crippen LogP contribution in [0.2, 0.25) is 0 Å². The molecular weight excluding hydrogens is 310 g/mol. The van der Waals surface area contributed by atoms with Gasteiger partial charge in [0.1, 0.15) is 11.5 Å². The number of para-hydroxylation sites is 1.